The first kappa shape index (κ1) is 21.9. The Labute approximate surface area is 172 Å². The Hall–Kier alpha value is -2.37. The van der Waals surface area contributed by atoms with E-state index in [0.717, 1.165) is 24.2 Å². The highest BCUT2D eigenvalue weighted by Crippen LogP contribution is 2.17. The summed E-state index contributed by atoms with van der Waals surface area (Å²) in [5, 5.41) is 9.18. The molecular formula is C22H28ClN3O2. The second kappa shape index (κ2) is 9.71. The zero-order valence-corrected chi connectivity index (χ0v) is 17.4. The van der Waals surface area contributed by atoms with Gasteiger partial charge in [-0.2, -0.15) is 0 Å². The molecule has 0 bridgehead atoms. The molecule has 6 heteroatoms. The lowest BCUT2D eigenvalue weighted by molar-refractivity contribution is -0.124. The molecule has 2 aromatic carbocycles. The Morgan fingerprint density at radius 2 is 1.79 bits per heavy atom. The van der Waals surface area contributed by atoms with Crippen LogP contribution in [0, 0.1) is 12.8 Å². The number of carbonyl (C=O) groups excluding carboxylic acids is 2. The monoisotopic (exact) mass is 401 g/mol. The highest BCUT2D eigenvalue weighted by molar-refractivity contribution is 5.98. The maximum atomic E-state index is 12.7. The van der Waals surface area contributed by atoms with Crippen LogP contribution < -0.4 is 16.0 Å². The quantitative estimate of drug-likeness (QED) is 0.696. The predicted octanol–water partition coefficient (Wildman–Crippen LogP) is 3.09. The molecule has 3 rings (SSSR count). The first-order valence-electron chi connectivity index (χ1n) is 9.41. The molecule has 2 aromatic rings. The summed E-state index contributed by atoms with van der Waals surface area (Å²) in [4.78, 5) is 25.3. The Morgan fingerprint density at radius 1 is 1.07 bits per heavy atom. The molecule has 0 aliphatic carbocycles. The summed E-state index contributed by atoms with van der Waals surface area (Å²) in [5.41, 5.74) is 5.16. The molecule has 0 aromatic heterocycles. The summed E-state index contributed by atoms with van der Waals surface area (Å²) < 4.78 is 0. The fraction of sp³-hybridized carbons (Fsp3) is 0.364. The molecule has 0 saturated carbocycles. The standard InChI is InChI=1S/C22H27N3O2.ClH/c1-14(2)20(25-21(26)19-7-5-4-6-15(19)3)22(27)24-11-16-8-9-17-12-23-13-18(17)10-16;/h4-10,14,20,23H,11-13H2,1-3H3,(H,24,27)(H,25,26);1H. The fourth-order valence-corrected chi connectivity index (χ4v) is 3.34. The molecule has 1 aliphatic rings. The van der Waals surface area contributed by atoms with Gasteiger partial charge in [0.05, 0.1) is 0 Å². The van der Waals surface area contributed by atoms with Crippen molar-refractivity contribution in [1.29, 1.82) is 0 Å². The van der Waals surface area contributed by atoms with Crippen molar-refractivity contribution in [2.24, 2.45) is 5.92 Å². The number of rotatable bonds is 6. The molecule has 3 N–H and O–H groups in total. The van der Waals surface area contributed by atoms with Crippen molar-refractivity contribution in [2.45, 2.75) is 46.4 Å². The first-order valence-corrected chi connectivity index (χ1v) is 9.41. The van der Waals surface area contributed by atoms with Gasteiger partial charge in [0.2, 0.25) is 5.91 Å². The normalized spacial score (nSPS) is 13.4. The van der Waals surface area contributed by atoms with Gasteiger partial charge in [-0.15, -0.1) is 12.4 Å². The molecule has 2 amide bonds. The maximum absolute atomic E-state index is 12.7. The Balaban J connectivity index is 0.00000280. The smallest absolute Gasteiger partial charge is 0.252 e. The molecule has 150 valence electrons. The third-order valence-corrected chi connectivity index (χ3v) is 4.99. The van der Waals surface area contributed by atoms with Crippen LogP contribution in [-0.2, 0) is 24.4 Å². The van der Waals surface area contributed by atoms with E-state index in [0.29, 0.717) is 12.1 Å². The Bertz CT molecular complexity index is 851. The molecule has 1 atom stereocenters. The molecule has 1 unspecified atom stereocenters. The van der Waals surface area contributed by atoms with Crippen LogP contribution in [-0.4, -0.2) is 17.9 Å². The van der Waals surface area contributed by atoms with Crippen LogP contribution in [0.15, 0.2) is 42.5 Å². The summed E-state index contributed by atoms with van der Waals surface area (Å²) in [5.74, 6) is -0.390. The molecular weight excluding hydrogens is 374 g/mol. The summed E-state index contributed by atoms with van der Waals surface area (Å²) in [6.07, 6.45) is 0. The average molecular weight is 402 g/mol. The van der Waals surface area contributed by atoms with Crippen LogP contribution in [0.3, 0.4) is 0 Å². The van der Waals surface area contributed by atoms with Crippen LogP contribution in [0.25, 0.3) is 0 Å². The lowest BCUT2D eigenvalue weighted by Crippen LogP contribution is -2.49. The first-order chi connectivity index (χ1) is 13.0. The van der Waals surface area contributed by atoms with Crippen LogP contribution in [0.5, 0.6) is 0 Å². The molecule has 1 heterocycles. The lowest BCUT2D eigenvalue weighted by Gasteiger charge is -2.22. The molecule has 0 saturated heterocycles. The summed E-state index contributed by atoms with van der Waals surface area (Å²) in [6, 6.07) is 13.1. The van der Waals surface area contributed by atoms with Crippen molar-refractivity contribution in [3.63, 3.8) is 0 Å². The van der Waals surface area contributed by atoms with Crippen LogP contribution in [0.4, 0.5) is 0 Å². The summed E-state index contributed by atoms with van der Waals surface area (Å²) in [6.45, 7) is 7.99. The third kappa shape index (κ3) is 5.12. The van der Waals surface area contributed by atoms with Crippen molar-refractivity contribution in [1.82, 2.24) is 16.0 Å². The maximum Gasteiger partial charge on any atom is 0.252 e. The van der Waals surface area contributed by atoms with Crippen molar-refractivity contribution in [3.8, 4) is 0 Å². The molecule has 0 fully saturated rings. The Kier molecular flexibility index (Phi) is 7.61. The van der Waals surface area contributed by atoms with Gasteiger partial charge in [-0.1, -0.05) is 50.2 Å². The van der Waals surface area contributed by atoms with E-state index in [2.05, 4.69) is 28.1 Å². The number of benzene rings is 2. The second-order valence-electron chi connectivity index (χ2n) is 7.43. The SMILES string of the molecule is Cc1ccccc1C(=O)NC(C(=O)NCc1ccc2c(c1)CNC2)C(C)C.Cl. The van der Waals surface area contributed by atoms with Crippen molar-refractivity contribution in [3.05, 3.63) is 70.3 Å². The number of hydrogen-bond donors (Lipinski definition) is 3. The van der Waals surface area contributed by atoms with Gasteiger partial charge in [0.1, 0.15) is 6.04 Å². The number of hydrogen-bond acceptors (Lipinski definition) is 3. The van der Waals surface area contributed by atoms with Gasteiger partial charge >= 0.3 is 0 Å². The van der Waals surface area contributed by atoms with Crippen LogP contribution in [0.2, 0.25) is 0 Å². The van der Waals surface area contributed by atoms with Gasteiger partial charge in [-0.05, 0) is 41.2 Å². The van der Waals surface area contributed by atoms with Crippen molar-refractivity contribution < 1.29 is 9.59 Å². The van der Waals surface area contributed by atoms with Crippen molar-refractivity contribution >= 4 is 24.2 Å². The number of carbonyl (C=O) groups is 2. The molecule has 28 heavy (non-hydrogen) atoms. The number of nitrogens with one attached hydrogen (secondary N) is 3. The fourth-order valence-electron chi connectivity index (χ4n) is 3.34. The largest absolute Gasteiger partial charge is 0.350 e. The Morgan fingerprint density at radius 3 is 2.50 bits per heavy atom. The number of amides is 2. The third-order valence-electron chi connectivity index (χ3n) is 4.99. The van der Waals surface area contributed by atoms with E-state index in [1.54, 1.807) is 6.07 Å². The van der Waals surface area contributed by atoms with Gasteiger partial charge in [-0.25, -0.2) is 0 Å². The van der Waals surface area contributed by atoms with E-state index in [1.807, 2.05) is 45.0 Å². The van der Waals surface area contributed by atoms with E-state index < -0.39 is 6.04 Å². The van der Waals surface area contributed by atoms with Gasteiger partial charge in [0.25, 0.3) is 5.91 Å². The highest BCUT2D eigenvalue weighted by Gasteiger charge is 2.25. The van der Waals surface area contributed by atoms with E-state index >= 15 is 0 Å². The van der Waals surface area contributed by atoms with Crippen LogP contribution in [0.1, 0.15) is 46.5 Å². The van der Waals surface area contributed by atoms with E-state index in [-0.39, 0.29) is 30.1 Å². The zero-order chi connectivity index (χ0) is 19.4. The molecule has 5 nitrogen and oxygen atoms in total. The average Bonchev–Trinajstić information content (AvgIpc) is 3.12. The summed E-state index contributed by atoms with van der Waals surface area (Å²) in [7, 11) is 0. The van der Waals surface area contributed by atoms with Gasteiger partial charge in [0, 0.05) is 25.2 Å². The highest BCUT2D eigenvalue weighted by atomic mass is 35.5. The van der Waals surface area contributed by atoms with Gasteiger partial charge in [0.15, 0.2) is 0 Å². The number of aryl methyl sites for hydroxylation is 1. The minimum Gasteiger partial charge on any atom is -0.350 e. The molecule has 1 aliphatic heterocycles. The second-order valence-corrected chi connectivity index (χ2v) is 7.43. The van der Waals surface area contributed by atoms with Gasteiger partial charge in [-0.3, -0.25) is 9.59 Å². The van der Waals surface area contributed by atoms with E-state index in [4.69, 9.17) is 0 Å². The number of halogens is 1. The minimum atomic E-state index is -0.576. The molecule has 0 spiro atoms. The minimum absolute atomic E-state index is 0. The van der Waals surface area contributed by atoms with E-state index in [9.17, 15) is 9.59 Å². The number of fused-ring (bicyclic) bond motifs is 1. The van der Waals surface area contributed by atoms with Crippen LogP contribution >= 0.6 is 12.4 Å². The van der Waals surface area contributed by atoms with Gasteiger partial charge < -0.3 is 16.0 Å². The van der Waals surface area contributed by atoms with E-state index in [1.165, 1.54) is 11.1 Å². The predicted molar refractivity (Wildman–Crippen MR) is 113 cm³/mol. The lowest BCUT2D eigenvalue weighted by atomic mass is 10.0. The summed E-state index contributed by atoms with van der Waals surface area (Å²) >= 11 is 0. The zero-order valence-electron chi connectivity index (χ0n) is 16.5. The van der Waals surface area contributed by atoms with Crippen molar-refractivity contribution in [2.75, 3.05) is 0 Å². The molecule has 0 radical (unpaired) electrons. The topological polar surface area (TPSA) is 70.2 Å².